The molecule has 208 valence electrons. The molecule has 6 aromatic carbocycles. The molecule has 0 spiro atoms. The Balaban J connectivity index is 1.29. The Kier molecular flexibility index (Phi) is 6.18. The molecule has 0 aromatic heterocycles. The van der Waals surface area contributed by atoms with E-state index in [9.17, 15) is 0 Å². The van der Waals surface area contributed by atoms with Gasteiger partial charge in [0.15, 0.2) is 0 Å². The summed E-state index contributed by atoms with van der Waals surface area (Å²) >= 11 is 0. The summed E-state index contributed by atoms with van der Waals surface area (Å²) in [6.45, 7) is 8.37. The highest BCUT2D eigenvalue weighted by Crippen LogP contribution is 2.37. The molecule has 0 radical (unpaired) electrons. The Bertz CT molecular complexity index is 2030. The number of anilines is 1. The Hall–Kier alpha value is -3.74. The van der Waals surface area contributed by atoms with E-state index >= 15 is 0 Å². The van der Waals surface area contributed by atoms with Gasteiger partial charge in [-0.2, -0.15) is 0 Å². The molecule has 0 saturated carbocycles. The van der Waals surface area contributed by atoms with Crippen molar-refractivity contribution in [2.45, 2.75) is 38.9 Å². The summed E-state index contributed by atoms with van der Waals surface area (Å²) in [5, 5.41) is 17.4. The van der Waals surface area contributed by atoms with E-state index in [2.05, 4.69) is 146 Å². The van der Waals surface area contributed by atoms with Crippen molar-refractivity contribution in [3.8, 4) is 0 Å². The molecule has 2 aliphatic rings. The standard InChI is InChI=1S/C34H33B4N3O2/c1-33(2)34(3,4)43-38(42-33)27-14-9-15-28(21-27)41-36-39-35-40-37(41)32-20-26-16-22-10-5-6-11-23(22)17-29(26)30-18-24-12-7-8-13-25(24)19-31(30)32/h5-21,35-36,39-40H,1-4H3. The van der Waals surface area contributed by atoms with Crippen LogP contribution in [0.3, 0.4) is 0 Å². The van der Waals surface area contributed by atoms with Crippen LogP contribution in [-0.2, 0) is 9.31 Å². The summed E-state index contributed by atoms with van der Waals surface area (Å²) in [6, 6.07) is 37.8. The van der Waals surface area contributed by atoms with Crippen LogP contribution in [0.15, 0.2) is 103 Å². The summed E-state index contributed by atoms with van der Waals surface area (Å²) in [5.74, 6) is 0. The highest BCUT2D eigenvalue weighted by atomic mass is 16.7. The Morgan fingerprint density at radius 2 is 1.23 bits per heavy atom. The fraction of sp³-hybridized carbons (Fsp3) is 0.176. The molecule has 2 saturated heterocycles. The monoisotopic (exact) mass is 559 g/mol. The molecular weight excluding hydrogens is 526 g/mol. The smallest absolute Gasteiger partial charge is 0.434 e. The van der Waals surface area contributed by atoms with Gasteiger partial charge in [0.1, 0.15) is 0 Å². The molecule has 6 aromatic rings. The van der Waals surface area contributed by atoms with Crippen LogP contribution >= 0.6 is 0 Å². The van der Waals surface area contributed by atoms with Gasteiger partial charge >= 0.3 is 14.1 Å². The van der Waals surface area contributed by atoms with Crippen LogP contribution in [0.1, 0.15) is 27.7 Å². The van der Waals surface area contributed by atoms with Crippen molar-refractivity contribution in [2.75, 3.05) is 4.72 Å². The van der Waals surface area contributed by atoms with Crippen molar-refractivity contribution >= 4 is 88.9 Å². The molecule has 0 amide bonds. The first kappa shape index (κ1) is 26.9. The molecule has 9 heteroatoms. The average Bonchev–Trinajstić information content (AvgIpc) is 3.25. The summed E-state index contributed by atoms with van der Waals surface area (Å²) in [4.78, 5) is 0. The van der Waals surface area contributed by atoms with Gasteiger partial charge in [0.25, 0.3) is 15.1 Å². The third-order valence-corrected chi connectivity index (χ3v) is 9.75. The number of benzene rings is 6. The second-order valence-electron chi connectivity index (χ2n) is 13.0. The highest BCUT2D eigenvalue weighted by molar-refractivity contribution is 6.92. The first-order chi connectivity index (χ1) is 20.8. The first-order valence-electron chi connectivity index (χ1n) is 15.2. The van der Waals surface area contributed by atoms with Crippen LogP contribution in [0.5, 0.6) is 0 Å². The summed E-state index contributed by atoms with van der Waals surface area (Å²) in [6.07, 6.45) is 0. The molecule has 0 atom stereocenters. The number of nitrogens with zero attached hydrogens (tertiary/aromatic N) is 1. The van der Waals surface area contributed by atoms with E-state index in [0.29, 0.717) is 0 Å². The van der Waals surface area contributed by atoms with E-state index in [-0.39, 0.29) is 18.2 Å². The minimum atomic E-state index is -0.407. The third-order valence-electron chi connectivity index (χ3n) is 9.75. The molecule has 2 N–H and O–H groups in total. The Morgan fingerprint density at radius 1 is 0.628 bits per heavy atom. The summed E-state index contributed by atoms with van der Waals surface area (Å²) in [5.41, 5.74) is 2.64. The number of hydrogen-bond acceptors (Lipinski definition) is 5. The Morgan fingerprint density at radius 3 is 1.91 bits per heavy atom. The van der Waals surface area contributed by atoms with E-state index in [1.54, 1.807) is 0 Å². The van der Waals surface area contributed by atoms with E-state index in [0.717, 1.165) is 26.2 Å². The minimum absolute atomic E-state index is 0.0330. The van der Waals surface area contributed by atoms with E-state index in [1.807, 2.05) is 0 Å². The fourth-order valence-corrected chi connectivity index (χ4v) is 6.68. The van der Waals surface area contributed by atoms with Crippen LogP contribution in [0.2, 0.25) is 0 Å². The van der Waals surface area contributed by atoms with E-state index < -0.39 is 7.12 Å². The molecule has 2 fully saturated rings. The van der Waals surface area contributed by atoms with Crippen LogP contribution in [0, 0.1) is 0 Å². The third kappa shape index (κ3) is 4.46. The van der Waals surface area contributed by atoms with Gasteiger partial charge in [-0.3, -0.25) is 0 Å². The van der Waals surface area contributed by atoms with Crippen LogP contribution in [0.25, 0.3) is 43.1 Å². The van der Waals surface area contributed by atoms with Gasteiger partial charge in [-0.1, -0.05) is 66.7 Å². The van der Waals surface area contributed by atoms with Gasteiger partial charge in [-0.05, 0) is 118 Å². The zero-order chi connectivity index (χ0) is 29.3. The number of fused-ring (bicyclic) bond motifs is 5. The maximum Gasteiger partial charge on any atom is 0.494 e. The maximum absolute atomic E-state index is 6.41. The lowest BCUT2D eigenvalue weighted by molar-refractivity contribution is 0.00578. The largest absolute Gasteiger partial charge is 0.494 e. The van der Waals surface area contributed by atoms with E-state index in [4.69, 9.17) is 9.31 Å². The van der Waals surface area contributed by atoms with Crippen LogP contribution in [0.4, 0.5) is 5.69 Å². The van der Waals surface area contributed by atoms with Crippen molar-refractivity contribution < 1.29 is 9.31 Å². The number of rotatable bonds is 3. The normalized spacial score (nSPS) is 18.0. The zero-order valence-corrected chi connectivity index (χ0v) is 25.1. The summed E-state index contributed by atoms with van der Waals surface area (Å²) < 4.78 is 15.2. The molecule has 0 unspecified atom stereocenters. The topological polar surface area (TPSA) is 45.8 Å². The van der Waals surface area contributed by atoms with Crippen molar-refractivity contribution in [1.29, 1.82) is 0 Å². The van der Waals surface area contributed by atoms with Gasteiger partial charge in [0.05, 0.1) is 11.2 Å². The van der Waals surface area contributed by atoms with Gasteiger partial charge < -0.3 is 24.3 Å². The highest BCUT2D eigenvalue weighted by Gasteiger charge is 2.51. The van der Waals surface area contributed by atoms with Gasteiger partial charge in [0.2, 0.25) is 0 Å². The minimum Gasteiger partial charge on any atom is -0.434 e. The molecule has 0 aliphatic carbocycles. The van der Waals surface area contributed by atoms with Crippen molar-refractivity contribution in [3.05, 3.63) is 103 Å². The van der Waals surface area contributed by atoms with Gasteiger partial charge in [-0.25, -0.2) is 0 Å². The zero-order valence-electron chi connectivity index (χ0n) is 25.1. The van der Waals surface area contributed by atoms with Crippen LogP contribution in [-0.4, -0.2) is 40.4 Å². The average molecular weight is 559 g/mol. The van der Waals surface area contributed by atoms with Gasteiger partial charge in [0, 0.05) is 5.69 Å². The lowest BCUT2D eigenvalue weighted by atomic mass is 9.55. The van der Waals surface area contributed by atoms with Crippen LogP contribution < -0.4 is 25.9 Å². The van der Waals surface area contributed by atoms with E-state index in [1.165, 1.54) is 48.6 Å². The van der Waals surface area contributed by atoms with Gasteiger partial charge in [-0.15, -0.1) is 0 Å². The number of nitrogens with one attached hydrogen (secondary N) is 2. The van der Waals surface area contributed by atoms with Crippen molar-refractivity contribution in [3.63, 3.8) is 0 Å². The molecule has 0 bridgehead atoms. The fourth-order valence-electron chi connectivity index (χ4n) is 6.68. The first-order valence-corrected chi connectivity index (χ1v) is 15.2. The quantitative estimate of drug-likeness (QED) is 0.190. The SMILES string of the molecule is CC1(C)OB(c2cccc(N3BNBNB3c3cc4cc5ccccc5cc4c4cc5ccccc5cc34)c2)OC1(C)C. The molecule has 2 heterocycles. The van der Waals surface area contributed by atoms with Crippen molar-refractivity contribution in [2.24, 2.45) is 0 Å². The second-order valence-corrected chi connectivity index (χ2v) is 13.0. The molecular formula is C34H33B4N3O2. The molecule has 8 rings (SSSR count). The Labute approximate surface area is 254 Å². The predicted octanol–water partition coefficient (Wildman–Crippen LogP) is 4.53. The molecule has 5 nitrogen and oxygen atoms in total. The number of hydrogen-bond donors (Lipinski definition) is 2. The lowest BCUT2D eigenvalue weighted by Gasteiger charge is -2.37. The summed E-state index contributed by atoms with van der Waals surface area (Å²) in [7, 11) is 1.04. The predicted molar refractivity (Wildman–Crippen MR) is 187 cm³/mol. The van der Waals surface area contributed by atoms with Crippen molar-refractivity contribution in [1.82, 2.24) is 10.3 Å². The lowest BCUT2D eigenvalue weighted by Crippen LogP contribution is -2.70. The molecule has 43 heavy (non-hydrogen) atoms. The maximum atomic E-state index is 6.41. The molecule has 2 aliphatic heterocycles. The second kappa shape index (κ2) is 9.90.